The lowest BCUT2D eigenvalue weighted by Crippen LogP contribution is -2.48. The van der Waals surface area contributed by atoms with Crippen LogP contribution in [0.5, 0.6) is 0 Å². The molecule has 2 N–H and O–H groups in total. The maximum absolute atomic E-state index is 13.7. The molecule has 2 amide bonds. The quantitative estimate of drug-likeness (QED) is 0.401. The van der Waals surface area contributed by atoms with Crippen molar-refractivity contribution in [1.29, 1.82) is 0 Å². The number of nitrogens with one attached hydrogen (secondary N) is 1. The molecule has 0 unspecified atom stereocenters. The predicted octanol–water partition coefficient (Wildman–Crippen LogP) is 5.86. The van der Waals surface area contributed by atoms with Gasteiger partial charge >= 0.3 is 18.2 Å². The van der Waals surface area contributed by atoms with Gasteiger partial charge in [0.15, 0.2) is 0 Å². The third-order valence-electron chi connectivity index (χ3n) is 7.64. The average molecular weight is 546 g/mol. The molecule has 210 valence electrons. The number of carboxylic acid groups (broad SMARTS) is 1. The third kappa shape index (κ3) is 5.41. The number of H-pyrrole nitrogens is 1. The first-order chi connectivity index (χ1) is 19.0. The van der Waals surface area contributed by atoms with Gasteiger partial charge in [-0.1, -0.05) is 48.5 Å². The van der Waals surface area contributed by atoms with E-state index in [9.17, 15) is 19.5 Å². The molecule has 1 fully saturated rings. The molecule has 2 atom stereocenters. The first-order valence-corrected chi connectivity index (χ1v) is 13.6. The molecule has 9 nitrogen and oxygen atoms in total. The number of benzene rings is 2. The molecule has 0 radical (unpaired) electrons. The van der Waals surface area contributed by atoms with Crippen LogP contribution in [-0.4, -0.2) is 68.9 Å². The first kappa shape index (κ1) is 27.3. The number of hydrogen-bond donors (Lipinski definition) is 2. The van der Waals surface area contributed by atoms with Crippen molar-refractivity contribution >= 4 is 18.2 Å². The number of aromatic nitrogens is 1. The summed E-state index contributed by atoms with van der Waals surface area (Å²) in [5.41, 5.74) is 4.55. The van der Waals surface area contributed by atoms with E-state index in [0.29, 0.717) is 18.5 Å². The van der Waals surface area contributed by atoms with Crippen molar-refractivity contribution in [2.24, 2.45) is 0 Å². The summed E-state index contributed by atoms with van der Waals surface area (Å²) in [7, 11) is 0. The number of carbonyl (C=O) groups excluding carboxylic acids is 2. The molecule has 1 saturated heterocycles. The molecule has 2 aliphatic rings. The highest BCUT2D eigenvalue weighted by Gasteiger charge is 2.42. The van der Waals surface area contributed by atoms with Crippen molar-refractivity contribution in [3.05, 3.63) is 83.2 Å². The van der Waals surface area contributed by atoms with Gasteiger partial charge in [-0.25, -0.2) is 14.4 Å². The van der Waals surface area contributed by atoms with Crippen molar-refractivity contribution in [3.8, 4) is 11.1 Å². The second-order valence-electron chi connectivity index (χ2n) is 11.4. The number of aromatic amines is 1. The number of fused-ring (bicyclic) bond motifs is 3. The number of rotatable bonds is 6. The number of carboxylic acids is 1. The van der Waals surface area contributed by atoms with Gasteiger partial charge in [0.05, 0.1) is 18.6 Å². The highest BCUT2D eigenvalue weighted by Crippen LogP contribution is 2.44. The molecule has 2 aromatic carbocycles. The molecule has 0 saturated carbocycles. The van der Waals surface area contributed by atoms with Crippen molar-refractivity contribution in [2.75, 3.05) is 13.2 Å². The summed E-state index contributed by atoms with van der Waals surface area (Å²) in [5, 5.41) is 9.35. The first-order valence-electron chi connectivity index (χ1n) is 13.6. The van der Waals surface area contributed by atoms with Gasteiger partial charge in [-0.3, -0.25) is 4.90 Å². The van der Waals surface area contributed by atoms with Crippen molar-refractivity contribution < 1.29 is 29.0 Å². The number of ether oxygens (including phenoxy) is 2. The van der Waals surface area contributed by atoms with Crippen LogP contribution >= 0.6 is 0 Å². The van der Waals surface area contributed by atoms with Crippen LogP contribution in [0.15, 0.2) is 60.8 Å². The van der Waals surface area contributed by atoms with Gasteiger partial charge in [-0.2, -0.15) is 0 Å². The fraction of sp³-hybridized carbons (Fsp3) is 0.387. The molecule has 40 heavy (non-hydrogen) atoms. The van der Waals surface area contributed by atoms with Gasteiger partial charge in [0, 0.05) is 18.7 Å². The normalized spacial score (nSPS) is 18.2. The van der Waals surface area contributed by atoms with Gasteiger partial charge < -0.3 is 24.5 Å². The van der Waals surface area contributed by atoms with Gasteiger partial charge in [0.25, 0.3) is 0 Å². The molecule has 1 aromatic heterocycles. The molecule has 3 aromatic rings. The van der Waals surface area contributed by atoms with Crippen LogP contribution in [-0.2, 0) is 16.0 Å². The van der Waals surface area contributed by atoms with Crippen LogP contribution in [0, 0.1) is 0 Å². The minimum Gasteiger partial charge on any atom is -0.477 e. The van der Waals surface area contributed by atoms with Gasteiger partial charge in [-0.15, -0.1) is 0 Å². The van der Waals surface area contributed by atoms with E-state index in [1.807, 2.05) is 52.0 Å². The lowest BCUT2D eigenvalue weighted by molar-refractivity contribution is 0.0188. The summed E-state index contributed by atoms with van der Waals surface area (Å²) in [6, 6.07) is 17.1. The van der Waals surface area contributed by atoms with Crippen LogP contribution in [0.25, 0.3) is 11.1 Å². The Morgan fingerprint density at radius 1 is 1.05 bits per heavy atom. The smallest absolute Gasteiger partial charge is 0.410 e. The summed E-state index contributed by atoms with van der Waals surface area (Å²) in [5.74, 6) is -1.17. The summed E-state index contributed by atoms with van der Waals surface area (Å²) in [4.78, 5) is 44.0. The number of carbonyl (C=O) groups is 3. The lowest BCUT2D eigenvalue weighted by atomic mass is 9.98. The van der Waals surface area contributed by atoms with E-state index in [1.165, 1.54) is 6.07 Å². The Morgan fingerprint density at radius 2 is 1.68 bits per heavy atom. The molecule has 1 aliphatic heterocycles. The molecule has 5 rings (SSSR count). The zero-order chi connectivity index (χ0) is 28.6. The molecule has 2 heterocycles. The Labute approximate surface area is 233 Å². The Hall–Kier alpha value is -4.27. The fourth-order valence-electron chi connectivity index (χ4n) is 5.76. The second kappa shape index (κ2) is 10.7. The Kier molecular flexibility index (Phi) is 7.31. The zero-order valence-electron chi connectivity index (χ0n) is 23.2. The van der Waals surface area contributed by atoms with E-state index in [2.05, 4.69) is 29.2 Å². The molecular weight excluding hydrogens is 510 g/mol. The summed E-state index contributed by atoms with van der Waals surface area (Å²) < 4.78 is 11.6. The summed E-state index contributed by atoms with van der Waals surface area (Å²) >= 11 is 0. The van der Waals surface area contributed by atoms with E-state index < -0.39 is 23.8 Å². The topological polar surface area (TPSA) is 112 Å². The number of amides is 2. The molecule has 0 bridgehead atoms. The van der Waals surface area contributed by atoms with E-state index in [4.69, 9.17) is 9.47 Å². The third-order valence-corrected chi connectivity index (χ3v) is 7.64. The van der Waals surface area contributed by atoms with Crippen LogP contribution in [0.3, 0.4) is 0 Å². The van der Waals surface area contributed by atoms with Crippen molar-refractivity contribution in [3.63, 3.8) is 0 Å². The summed E-state index contributed by atoms with van der Waals surface area (Å²) in [6.07, 6.45) is 1.19. The monoisotopic (exact) mass is 545 g/mol. The van der Waals surface area contributed by atoms with Crippen LogP contribution in [0.1, 0.15) is 67.2 Å². The number of nitrogens with zero attached hydrogens (tertiary/aromatic N) is 2. The van der Waals surface area contributed by atoms with E-state index >= 15 is 0 Å². The molecule has 1 aliphatic carbocycles. The summed E-state index contributed by atoms with van der Waals surface area (Å²) in [6.45, 7) is 8.08. The molecule has 9 heteroatoms. The number of aromatic carboxylic acids is 1. The molecular formula is C31H35N3O6. The van der Waals surface area contributed by atoms with Crippen LogP contribution in [0.4, 0.5) is 9.59 Å². The maximum atomic E-state index is 13.7. The highest BCUT2D eigenvalue weighted by atomic mass is 16.6. The van der Waals surface area contributed by atoms with Crippen molar-refractivity contribution in [2.45, 2.75) is 64.3 Å². The number of likely N-dealkylation sites (tertiary alicyclic amines) is 1. The van der Waals surface area contributed by atoms with Crippen LogP contribution < -0.4 is 0 Å². The average Bonchev–Trinajstić information content (AvgIpc) is 3.61. The standard InChI is InChI=1S/C31H35N3O6/c1-19-27(13-14-33(19)30(38)40-31(2,3)4)34(17-20-15-26(28(35)36)32-16-20)29(37)39-18-25-23-11-7-5-9-21(23)22-10-6-8-12-24(22)25/h5-12,15-16,19,25,27,32H,13-14,17-18H2,1-4H3,(H,35,36)/t19-,27+/m1/s1. The Morgan fingerprint density at radius 3 is 2.25 bits per heavy atom. The maximum Gasteiger partial charge on any atom is 0.410 e. The van der Waals surface area contributed by atoms with Gasteiger partial charge in [0.1, 0.15) is 17.9 Å². The van der Waals surface area contributed by atoms with E-state index in [1.54, 1.807) is 16.0 Å². The van der Waals surface area contributed by atoms with Crippen LogP contribution in [0.2, 0.25) is 0 Å². The minimum absolute atomic E-state index is 0.0392. The fourth-order valence-corrected chi connectivity index (χ4v) is 5.76. The Balaban J connectivity index is 1.37. The molecule has 0 spiro atoms. The van der Waals surface area contributed by atoms with Gasteiger partial charge in [0.2, 0.25) is 0 Å². The van der Waals surface area contributed by atoms with E-state index in [-0.39, 0.29) is 36.8 Å². The van der Waals surface area contributed by atoms with Gasteiger partial charge in [-0.05, 0) is 68.0 Å². The largest absolute Gasteiger partial charge is 0.477 e. The zero-order valence-corrected chi connectivity index (χ0v) is 23.2. The second-order valence-corrected chi connectivity index (χ2v) is 11.4. The number of hydrogen-bond acceptors (Lipinski definition) is 5. The predicted molar refractivity (Wildman–Crippen MR) is 149 cm³/mol. The Bertz CT molecular complexity index is 1380. The SMILES string of the molecule is C[C@@H]1[C@@H](N(Cc2c[nH]c(C(=O)O)c2)C(=O)OCC2c3ccccc3-c3ccccc32)CCN1C(=O)OC(C)(C)C. The van der Waals surface area contributed by atoms with Crippen molar-refractivity contribution in [1.82, 2.24) is 14.8 Å². The lowest BCUT2D eigenvalue weighted by Gasteiger charge is -2.33. The highest BCUT2D eigenvalue weighted by molar-refractivity contribution is 5.85. The van der Waals surface area contributed by atoms with E-state index in [0.717, 1.165) is 22.3 Å². The minimum atomic E-state index is -1.08.